The highest BCUT2D eigenvalue weighted by Gasteiger charge is 2.14. The number of allylic oxidation sites excluding steroid dienone is 1. The predicted octanol–water partition coefficient (Wildman–Crippen LogP) is 5.07. The Kier molecular flexibility index (Phi) is 5.22. The summed E-state index contributed by atoms with van der Waals surface area (Å²) in [6, 6.07) is 9.45. The molecule has 1 rings (SSSR count). The molecular weight excluding hydrogens is 230 g/mol. The Hall–Kier alpha value is -1.24. The van der Waals surface area contributed by atoms with Crippen LogP contribution in [0.3, 0.4) is 0 Å². The molecule has 0 unspecified atom stereocenters. The van der Waals surface area contributed by atoms with Gasteiger partial charge in [0.2, 0.25) is 0 Å². The van der Waals surface area contributed by atoms with Gasteiger partial charge < -0.3 is 4.90 Å². The summed E-state index contributed by atoms with van der Waals surface area (Å²) in [6.07, 6.45) is 2.16. The van der Waals surface area contributed by atoms with Gasteiger partial charge >= 0.3 is 0 Å². The number of anilines is 1. The molecule has 1 heteroatoms. The maximum Gasteiger partial charge on any atom is 0.0366 e. The van der Waals surface area contributed by atoms with E-state index < -0.39 is 0 Å². The van der Waals surface area contributed by atoms with Crippen molar-refractivity contribution in [3.63, 3.8) is 0 Å². The lowest BCUT2D eigenvalue weighted by atomic mass is 9.84. The summed E-state index contributed by atoms with van der Waals surface area (Å²) in [5, 5.41) is 0. The van der Waals surface area contributed by atoms with E-state index in [9.17, 15) is 0 Å². The molecule has 0 aliphatic heterocycles. The number of benzene rings is 1. The Labute approximate surface area is 119 Å². The van der Waals surface area contributed by atoms with E-state index >= 15 is 0 Å². The summed E-state index contributed by atoms with van der Waals surface area (Å²) in [5.41, 5.74) is 4.23. The van der Waals surface area contributed by atoms with Gasteiger partial charge in [-0.25, -0.2) is 0 Å². The van der Waals surface area contributed by atoms with Crippen molar-refractivity contribution in [2.24, 2.45) is 5.41 Å². The lowest BCUT2D eigenvalue weighted by Crippen LogP contribution is -2.25. The molecule has 1 aromatic rings. The second kappa shape index (κ2) is 6.27. The molecule has 0 atom stereocenters. The standard InChI is InChI=1S/C18H29N/c1-14(2)19(7)17-12-10-16(11-13-17)9-8-15(3)18(4,5)6/h10-14H,3,8-9H2,1-2,4-7H3. The lowest BCUT2D eigenvalue weighted by Gasteiger charge is -2.24. The minimum Gasteiger partial charge on any atom is -0.372 e. The molecule has 0 amide bonds. The van der Waals surface area contributed by atoms with Gasteiger partial charge in [0.25, 0.3) is 0 Å². The molecule has 106 valence electrons. The van der Waals surface area contributed by atoms with E-state index in [0.717, 1.165) is 12.8 Å². The van der Waals surface area contributed by atoms with Crippen LogP contribution in [0.2, 0.25) is 0 Å². The van der Waals surface area contributed by atoms with E-state index in [0.29, 0.717) is 6.04 Å². The number of hydrogen-bond donors (Lipinski definition) is 0. The third-order valence-electron chi connectivity index (χ3n) is 3.89. The van der Waals surface area contributed by atoms with Crippen LogP contribution in [-0.4, -0.2) is 13.1 Å². The summed E-state index contributed by atoms with van der Waals surface area (Å²) in [6.45, 7) is 15.3. The summed E-state index contributed by atoms with van der Waals surface area (Å²) in [4.78, 5) is 2.29. The fourth-order valence-corrected chi connectivity index (χ4v) is 1.87. The molecule has 19 heavy (non-hydrogen) atoms. The Morgan fingerprint density at radius 1 is 1.16 bits per heavy atom. The van der Waals surface area contributed by atoms with E-state index in [1.807, 2.05) is 0 Å². The molecule has 0 aromatic heterocycles. The molecule has 0 heterocycles. The van der Waals surface area contributed by atoms with Crippen LogP contribution < -0.4 is 4.90 Å². The fourth-order valence-electron chi connectivity index (χ4n) is 1.87. The van der Waals surface area contributed by atoms with Crippen molar-refractivity contribution in [2.75, 3.05) is 11.9 Å². The Balaban J connectivity index is 2.61. The van der Waals surface area contributed by atoms with E-state index in [1.165, 1.54) is 16.8 Å². The zero-order valence-corrected chi connectivity index (χ0v) is 13.5. The second-order valence-electron chi connectivity index (χ2n) is 6.72. The van der Waals surface area contributed by atoms with Gasteiger partial charge in [-0.15, -0.1) is 0 Å². The van der Waals surface area contributed by atoms with Gasteiger partial charge in [-0.3, -0.25) is 0 Å². The zero-order chi connectivity index (χ0) is 14.6. The highest BCUT2D eigenvalue weighted by Crippen LogP contribution is 2.27. The molecule has 0 saturated carbocycles. The minimum absolute atomic E-state index is 0.220. The van der Waals surface area contributed by atoms with Gasteiger partial charge in [0.05, 0.1) is 0 Å². The van der Waals surface area contributed by atoms with Crippen molar-refractivity contribution in [1.29, 1.82) is 0 Å². The van der Waals surface area contributed by atoms with Crippen LogP contribution in [-0.2, 0) is 6.42 Å². The predicted molar refractivity (Wildman–Crippen MR) is 86.9 cm³/mol. The van der Waals surface area contributed by atoms with Crippen molar-refractivity contribution < 1.29 is 0 Å². The van der Waals surface area contributed by atoms with Gasteiger partial charge in [0.1, 0.15) is 0 Å². The average molecular weight is 259 g/mol. The zero-order valence-electron chi connectivity index (χ0n) is 13.5. The highest BCUT2D eigenvalue weighted by molar-refractivity contribution is 5.47. The smallest absolute Gasteiger partial charge is 0.0366 e. The Morgan fingerprint density at radius 2 is 1.68 bits per heavy atom. The first kappa shape index (κ1) is 15.8. The van der Waals surface area contributed by atoms with Crippen LogP contribution >= 0.6 is 0 Å². The summed E-state index contributed by atoms with van der Waals surface area (Å²) in [7, 11) is 2.14. The topological polar surface area (TPSA) is 3.24 Å². The molecule has 0 fully saturated rings. The molecule has 0 spiro atoms. The SMILES string of the molecule is C=C(CCc1ccc(N(C)C(C)C)cc1)C(C)(C)C. The van der Waals surface area contributed by atoms with Crippen LogP contribution in [0, 0.1) is 5.41 Å². The number of aryl methyl sites for hydroxylation is 1. The van der Waals surface area contributed by atoms with E-state index in [1.54, 1.807) is 0 Å². The molecule has 0 saturated heterocycles. The van der Waals surface area contributed by atoms with Crippen molar-refractivity contribution in [2.45, 2.75) is 53.5 Å². The van der Waals surface area contributed by atoms with Crippen molar-refractivity contribution >= 4 is 5.69 Å². The fraction of sp³-hybridized carbons (Fsp3) is 0.556. The first-order valence-electron chi connectivity index (χ1n) is 7.22. The average Bonchev–Trinajstić information content (AvgIpc) is 2.34. The second-order valence-corrected chi connectivity index (χ2v) is 6.72. The number of rotatable bonds is 5. The molecule has 0 aliphatic rings. The maximum absolute atomic E-state index is 4.20. The summed E-state index contributed by atoms with van der Waals surface area (Å²) in [5.74, 6) is 0. The largest absolute Gasteiger partial charge is 0.372 e. The monoisotopic (exact) mass is 259 g/mol. The Morgan fingerprint density at radius 3 is 2.11 bits per heavy atom. The van der Waals surface area contributed by atoms with Crippen LogP contribution in [0.15, 0.2) is 36.4 Å². The van der Waals surface area contributed by atoms with E-state index in [-0.39, 0.29) is 5.41 Å². The Bertz CT molecular complexity index is 406. The third-order valence-corrected chi connectivity index (χ3v) is 3.89. The highest BCUT2D eigenvalue weighted by atomic mass is 15.1. The molecule has 0 bridgehead atoms. The van der Waals surface area contributed by atoms with E-state index in [2.05, 4.69) is 77.4 Å². The van der Waals surface area contributed by atoms with Crippen LogP contribution in [0.1, 0.15) is 46.6 Å². The van der Waals surface area contributed by atoms with Gasteiger partial charge in [0, 0.05) is 18.8 Å². The first-order chi connectivity index (χ1) is 8.71. The van der Waals surface area contributed by atoms with Gasteiger partial charge in [-0.1, -0.05) is 45.1 Å². The van der Waals surface area contributed by atoms with Crippen LogP contribution in [0.4, 0.5) is 5.69 Å². The van der Waals surface area contributed by atoms with Crippen molar-refractivity contribution in [3.8, 4) is 0 Å². The van der Waals surface area contributed by atoms with Gasteiger partial charge in [-0.05, 0) is 49.8 Å². The lowest BCUT2D eigenvalue weighted by molar-refractivity contribution is 0.484. The molecule has 0 aliphatic carbocycles. The minimum atomic E-state index is 0.220. The molecule has 1 nitrogen and oxygen atoms in total. The van der Waals surface area contributed by atoms with Crippen molar-refractivity contribution in [1.82, 2.24) is 0 Å². The third kappa shape index (κ3) is 4.74. The number of nitrogens with zero attached hydrogens (tertiary/aromatic N) is 1. The first-order valence-corrected chi connectivity index (χ1v) is 7.22. The summed E-state index contributed by atoms with van der Waals surface area (Å²) >= 11 is 0. The normalized spacial score (nSPS) is 11.7. The van der Waals surface area contributed by atoms with Crippen molar-refractivity contribution in [3.05, 3.63) is 42.0 Å². The van der Waals surface area contributed by atoms with Gasteiger partial charge in [0.15, 0.2) is 0 Å². The number of hydrogen-bond acceptors (Lipinski definition) is 1. The quantitative estimate of drug-likeness (QED) is 0.668. The molecule has 0 N–H and O–H groups in total. The summed E-state index contributed by atoms with van der Waals surface area (Å²) < 4.78 is 0. The van der Waals surface area contributed by atoms with Gasteiger partial charge in [-0.2, -0.15) is 0 Å². The molecular formula is C18H29N. The molecule has 0 radical (unpaired) electrons. The van der Waals surface area contributed by atoms with Crippen LogP contribution in [0.5, 0.6) is 0 Å². The molecule has 1 aromatic carbocycles. The van der Waals surface area contributed by atoms with E-state index in [4.69, 9.17) is 0 Å². The maximum atomic E-state index is 4.20. The van der Waals surface area contributed by atoms with Crippen LogP contribution in [0.25, 0.3) is 0 Å².